The fraction of sp³-hybridized carbons (Fsp3) is 0.417. The summed E-state index contributed by atoms with van der Waals surface area (Å²) in [5, 5.41) is 9.04. The van der Waals surface area contributed by atoms with Gasteiger partial charge in [-0.3, -0.25) is 9.59 Å². The van der Waals surface area contributed by atoms with Crippen LogP contribution in [0.15, 0.2) is 22.8 Å². The van der Waals surface area contributed by atoms with Gasteiger partial charge in [0, 0.05) is 13.1 Å². The Kier molecular flexibility index (Phi) is 3.65. The standard InChI is InChI=1S/C12H13BrN2O3/c1-7-5-15(6-8(7)12(17)18)11(16)9-3-2-4-10(13)14-9/h2-4,7-8H,5-6H2,1H3,(H,17,18)/t7-,8-/m1/s1. The van der Waals surface area contributed by atoms with Crippen LogP contribution in [0.2, 0.25) is 0 Å². The normalized spacial score (nSPS) is 23.1. The summed E-state index contributed by atoms with van der Waals surface area (Å²) >= 11 is 3.21. The van der Waals surface area contributed by atoms with E-state index in [1.54, 1.807) is 23.1 Å². The molecule has 1 aromatic rings. The summed E-state index contributed by atoms with van der Waals surface area (Å²) in [6.07, 6.45) is 0. The van der Waals surface area contributed by atoms with Crippen LogP contribution in [0.5, 0.6) is 0 Å². The van der Waals surface area contributed by atoms with Crippen molar-refractivity contribution in [3.8, 4) is 0 Å². The average molecular weight is 313 g/mol. The number of aliphatic carboxylic acids is 1. The van der Waals surface area contributed by atoms with Gasteiger partial charge >= 0.3 is 5.97 Å². The van der Waals surface area contributed by atoms with E-state index in [-0.39, 0.29) is 18.4 Å². The van der Waals surface area contributed by atoms with Gasteiger partial charge in [0.2, 0.25) is 0 Å². The Morgan fingerprint density at radius 1 is 1.44 bits per heavy atom. The average Bonchev–Trinajstić information content (AvgIpc) is 2.70. The molecule has 0 bridgehead atoms. The second kappa shape index (κ2) is 5.06. The van der Waals surface area contributed by atoms with Gasteiger partial charge in [-0.1, -0.05) is 13.0 Å². The van der Waals surface area contributed by atoms with E-state index in [0.29, 0.717) is 16.8 Å². The van der Waals surface area contributed by atoms with Gasteiger partial charge in [0.05, 0.1) is 5.92 Å². The van der Waals surface area contributed by atoms with Gasteiger partial charge < -0.3 is 10.0 Å². The van der Waals surface area contributed by atoms with Crippen molar-refractivity contribution in [2.45, 2.75) is 6.92 Å². The molecule has 18 heavy (non-hydrogen) atoms. The lowest BCUT2D eigenvalue weighted by molar-refractivity contribution is -0.142. The van der Waals surface area contributed by atoms with E-state index in [4.69, 9.17) is 5.11 Å². The molecule has 1 aliphatic rings. The molecule has 0 radical (unpaired) electrons. The maximum Gasteiger partial charge on any atom is 0.308 e. The summed E-state index contributed by atoms with van der Waals surface area (Å²) in [4.78, 5) is 28.8. The van der Waals surface area contributed by atoms with Crippen molar-refractivity contribution >= 4 is 27.8 Å². The summed E-state index contributed by atoms with van der Waals surface area (Å²) in [6, 6.07) is 5.10. The zero-order valence-electron chi connectivity index (χ0n) is 9.84. The number of pyridine rings is 1. The number of nitrogens with zero attached hydrogens (tertiary/aromatic N) is 2. The molecule has 2 rings (SSSR count). The van der Waals surface area contributed by atoms with E-state index >= 15 is 0 Å². The quantitative estimate of drug-likeness (QED) is 0.843. The third kappa shape index (κ3) is 2.53. The Labute approximate surface area is 113 Å². The van der Waals surface area contributed by atoms with Crippen LogP contribution >= 0.6 is 15.9 Å². The van der Waals surface area contributed by atoms with Crippen LogP contribution in [-0.2, 0) is 4.79 Å². The Morgan fingerprint density at radius 3 is 2.72 bits per heavy atom. The predicted octanol–water partition coefficient (Wildman–Crippen LogP) is 1.64. The number of halogens is 1. The fourth-order valence-electron chi connectivity index (χ4n) is 2.14. The zero-order valence-corrected chi connectivity index (χ0v) is 11.4. The van der Waals surface area contributed by atoms with E-state index in [1.807, 2.05) is 6.92 Å². The molecule has 0 aliphatic carbocycles. The van der Waals surface area contributed by atoms with Gasteiger partial charge in [-0.25, -0.2) is 4.98 Å². The number of hydrogen-bond acceptors (Lipinski definition) is 3. The highest BCUT2D eigenvalue weighted by atomic mass is 79.9. The van der Waals surface area contributed by atoms with Crippen molar-refractivity contribution in [1.82, 2.24) is 9.88 Å². The van der Waals surface area contributed by atoms with Gasteiger partial charge in [-0.2, -0.15) is 0 Å². The molecular weight excluding hydrogens is 300 g/mol. The number of carboxylic acid groups (broad SMARTS) is 1. The highest BCUT2D eigenvalue weighted by Crippen LogP contribution is 2.24. The summed E-state index contributed by atoms with van der Waals surface area (Å²) < 4.78 is 0.593. The molecule has 0 saturated carbocycles. The van der Waals surface area contributed by atoms with Crippen LogP contribution in [0.3, 0.4) is 0 Å². The summed E-state index contributed by atoms with van der Waals surface area (Å²) in [5.74, 6) is -1.58. The summed E-state index contributed by atoms with van der Waals surface area (Å²) in [7, 11) is 0. The minimum absolute atomic E-state index is 0.0291. The maximum absolute atomic E-state index is 12.2. The van der Waals surface area contributed by atoms with Crippen molar-refractivity contribution in [2.24, 2.45) is 11.8 Å². The number of hydrogen-bond donors (Lipinski definition) is 1. The largest absolute Gasteiger partial charge is 0.481 e. The number of carbonyl (C=O) groups is 2. The van der Waals surface area contributed by atoms with Crippen molar-refractivity contribution in [1.29, 1.82) is 0 Å². The number of amides is 1. The van der Waals surface area contributed by atoms with Crippen LogP contribution in [0, 0.1) is 11.8 Å². The highest BCUT2D eigenvalue weighted by Gasteiger charge is 2.37. The SMILES string of the molecule is C[C@@H]1CN(C(=O)c2cccc(Br)n2)C[C@H]1C(=O)O. The lowest BCUT2D eigenvalue weighted by Crippen LogP contribution is -2.30. The molecule has 1 saturated heterocycles. The zero-order chi connectivity index (χ0) is 13.3. The second-order valence-electron chi connectivity index (χ2n) is 4.48. The maximum atomic E-state index is 12.2. The monoisotopic (exact) mass is 312 g/mol. The van der Waals surface area contributed by atoms with E-state index in [0.717, 1.165) is 0 Å². The van der Waals surface area contributed by atoms with Gasteiger partial charge in [0.1, 0.15) is 10.3 Å². The van der Waals surface area contributed by atoms with Crippen LogP contribution in [0.1, 0.15) is 17.4 Å². The van der Waals surface area contributed by atoms with Crippen LogP contribution in [-0.4, -0.2) is 40.0 Å². The minimum atomic E-state index is -0.847. The molecule has 1 N–H and O–H groups in total. The predicted molar refractivity (Wildman–Crippen MR) is 68.1 cm³/mol. The molecule has 2 heterocycles. The Bertz CT molecular complexity index is 492. The number of rotatable bonds is 2. The molecular formula is C12H13BrN2O3. The van der Waals surface area contributed by atoms with Gasteiger partial charge in [0.25, 0.3) is 5.91 Å². The third-order valence-corrected chi connectivity index (χ3v) is 3.59. The Morgan fingerprint density at radius 2 is 2.17 bits per heavy atom. The molecule has 0 aromatic carbocycles. The van der Waals surface area contributed by atoms with E-state index < -0.39 is 11.9 Å². The van der Waals surface area contributed by atoms with E-state index in [1.165, 1.54) is 0 Å². The van der Waals surface area contributed by atoms with Gasteiger partial charge in [0.15, 0.2) is 0 Å². The molecule has 0 unspecified atom stereocenters. The molecule has 6 heteroatoms. The topological polar surface area (TPSA) is 70.5 Å². The van der Waals surface area contributed by atoms with Gasteiger partial charge in [-0.15, -0.1) is 0 Å². The van der Waals surface area contributed by atoms with Crippen molar-refractivity contribution in [2.75, 3.05) is 13.1 Å². The smallest absolute Gasteiger partial charge is 0.308 e. The molecule has 5 nitrogen and oxygen atoms in total. The molecule has 96 valence electrons. The first-order chi connectivity index (χ1) is 8.49. The first kappa shape index (κ1) is 13.0. The summed E-state index contributed by atoms with van der Waals surface area (Å²) in [5.41, 5.74) is 0.336. The lowest BCUT2D eigenvalue weighted by atomic mass is 9.99. The molecule has 1 aromatic heterocycles. The first-order valence-electron chi connectivity index (χ1n) is 5.63. The number of likely N-dealkylation sites (tertiary alicyclic amines) is 1. The van der Waals surface area contributed by atoms with E-state index in [2.05, 4.69) is 20.9 Å². The molecule has 1 aliphatic heterocycles. The first-order valence-corrected chi connectivity index (χ1v) is 6.43. The third-order valence-electron chi connectivity index (χ3n) is 3.15. The fourth-order valence-corrected chi connectivity index (χ4v) is 2.49. The number of aromatic nitrogens is 1. The van der Waals surface area contributed by atoms with E-state index in [9.17, 15) is 9.59 Å². The summed E-state index contributed by atoms with van der Waals surface area (Å²) in [6.45, 7) is 2.56. The van der Waals surface area contributed by atoms with Crippen molar-refractivity contribution < 1.29 is 14.7 Å². The molecule has 1 amide bonds. The molecule has 0 spiro atoms. The number of carbonyl (C=O) groups excluding carboxylic acids is 1. The molecule has 2 atom stereocenters. The van der Waals surface area contributed by atoms with Gasteiger partial charge in [-0.05, 0) is 34.0 Å². The van der Waals surface area contributed by atoms with Crippen LogP contribution in [0.25, 0.3) is 0 Å². The second-order valence-corrected chi connectivity index (χ2v) is 5.29. The van der Waals surface area contributed by atoms with Crippen LogP contribution < -0.4 is 0 Å². The Hall–Kier alpha value is -1.43. The van der Waals surface area contributed by atoms with Crippen molar-refractivity contribution in [3.63, 3.8) is 0 Å². The highest BCUT2D eigenvalue weighted by molar-refractivity contribution is 9.10. The molecule has 1 fully saturated rings. The minimum Gasteiger partial charge on any atom is -0.481 e. The Balaban J connectivity index is 2.14. The van der Waals surface area contributed by atoms with Crippen LogP contribution in [0.4, 0.5) is 0 Å². The number of carboxylic acids is 1. The van der Waals surface area contributed by atoms with Crippen molar-refractivity contribution in [3.05, 3.63) is 28.5 Å². The lowest BCUT2D eigenvalue weighted by Gasteiger charge is -2.15.